The van der Waals surface area contributed by atoms with Gasteiger partial charge in [0, 0.05) is 19.1 Å². The predicted octanol–water partition coefficient (Wildman–Crippen LogP) is 1.46. The molecule has 3 unspecified atom stereocenters. The highest BCUT2D eigenvalue weighted by molar-refractivity contribution is 5.10. The van der Waals surface area contributed by atoms with E-state index in [1.807, 2.05) is 0 Å². The number of nitrogens with zero attached hydrogens (tertiary/aromatic N) is 1. The molecule has 1 saturated carbocycles. The van der Waals surface area contributed by atoms with Crippen LogP contribution in [0.1, 0.15) is 13.8 Å². The van der Waals surface area contributed by atoms with Gasteiger partial charge in [0.15, 0.2) is 0 Å². The van der Waals surface area contributed by atoms with E-state index in [4.69, 9.17) is 5.73 Å². The van der Waals surface area contributed by atoms with Gasteiger partial charge in [0.25, 0.3) is 0 Å². The van der Waals surface area contributed by atoms with Crippen LogP contribution in [0.15, 0.2) is 0 Å². The zero-order chi connectivity index (χ0) is 11.4. The van der Waals surface area contributed by atoms with E-state index < -0.39 is 18.1 Å². The quantitative estimate of drug-likeness (QED) is 0.766. The van der Waals surface area contributed by atoms with Gasteiger partial charge >= 0.3 is 6.18 Å². The van der Waals surface area contributed by atoms with Gasteiger partial charge in [0.1, 0.15) is 6.04 Å². The van der Waals surface area contributed by atoms with Gasteiger partial charge < -0.3 is 5.73 Å². The maximum absolute atomic E-state index is 12.8. The topological polar surface area (TPSA) is 29.3 Å². The summed E-state index contributed by atoms with van der Waals surface area (Å²) in [7, 11) is 0. The fourth-order valence-corrected chi connectivity index (χ4v) is 2.84. The summed E-state index contributed by atoms with van der Waals surface area (Å²) in [5.41, 5.74) is 5.71. The van der Waals surface area contributed by atoms with Crippen LogP contribution in [0.2, 0.25) is 0 Å². The summed E-state index contributed by atoms with van der Waals surface area (Å²) < 4.78 is 38.4. The number of fused-ring (bicyclic) bond motifs is 1. The maximum atomic E-state index is 12.8. The molecule has 0 amide bonds. The van der Waals surface area contributed by atoms with Crippen LogP contribution in [0.25, 0.3) is 0 Å². The van der Waals surface area contributed by atoms with Gasteiger partial charge in [0.2, 0.25) is 0 Å². The molecule has 2 rings (SSSR count). The van der Waals surface area contributed by atoms with Crippen molar-refractivity contribution in [2.45, 2.75) is 32.1 Å². The number of halogens is 3. The summed E-state index contributed by atoms with van der Waals surface area (Å²) >= 11 is 0. The van der Waals surface area contributed by atoms with Crippen molar-refractivity contribution >= 4 is 0 Å². The van der Waals surface area contributed by atoms with Crippen molar-refractivity contribution in [2.24, 2.45) is 23.5 Å². The molecule has 2 aliphatic rings. The molecule has 0 radical (unpaired) electrons. The molecule has 2 nitrogen and oxygen atoms in total. The van der Waals surface area contributed by atoms with Crippen molar-refractivity contribution in [1.29, 1.82) is 0 Å². The first kappa shape index (κ1) is 11.2. The second-order valence-electron chi connectivity index (χ2n) is 5.09. The molecule has 0 bridgehead atoms. The molecule has 2 fully saturated rings. The first-order chi connectivity index (χ1) is 6.82. The normalized spacial score (nSPS) is 38.2. The molecule has 0 aromatic carbocycles. The highest BCUT2D eigenvalue weighted by Crippen LogP contribution is 2.46. The standard InChI is InChI=1S/C10H17F3N2/c1-5(2)9(10(11,12)13)15-3-6-7(4-15)8(6)14/h5-9H,3-4,14H2,1-2H3. The van der Waals surface area contributed by atoms with E-state index in [1.165, 1.54) is 0 Å². The Balaban J connectivity index is 2.02. The molecule has 0 aromatic heterocycles. The molecule has 1 aliphatic heterocycles. The van der Waals surface area contributed by atoms with Crippen LogP contribution in [-0.2, 0) is 0 Å². The lowest BCUT2D eigenvalue weighted by molar-refractivity contribution is -0.193. The fourth-order valence-electron chi connectivity index (χ4n) is 2.84. The lowest BCUT2D eigenvalue weighted by Crippen LogP contribution is -2.49. The largest absolute Gasteiger partial charge is 0.404 e. The summed E-state index contributed by atoms with van der Waals surface area (Å²) in [5.74, 6) is 0.237. The van der Waals surface area contributed by atoms with Gasteiger partial charge in [-0.3, -0.25) is 4.90 Å². The Morgan fingerprint density at radius 1 is 1.20 bits per heavy atom. The number of piperidine rings is 1. The fraction of sp³-hybridized carbons (Fsp3) is 1.00. The van der Waals surface area contributed by atoms with E-state index in [0.29, 0.717) is 24.9 Å². The van der Waals surface area contributed by atoms with Crippen LogP contribution in [0.5, 0.6) is 0 Å². The van der Waals surface area contributed by atoms with E-state index in [9.17, 15) is 13.2 Å². The average molecular weight is 222 g/mol. The zero-order valence-corrected chi connectivity index (χ0v) is 8.96. The highest BCUT2D eigenvalue weighted by atomic mass is 19.4. The van der Waals surface area contributed by atoms with Crippen LogP contribution in [0.4, 0.5) is 13.2 Å². The number of hydrogen-bond donors (Lipinski definition) is 1. The van der Waals surface area contributed by atoms with Crippen molar-refractivity contribution in [3.05, 3.63) is 0 Å². The Bertz CT molecular complexity index is 240. The Kier molecular flexibility index (Phi) is 2.50. The van der Waals surface area contributed by atoms with Crippen molar-refractivity contribution in [3.63, 3.8) is 0 Å². The Morgan fingerprint density at radius 3 is 2.00 bits per heavy atom. The molecule has 5 heteroatoms. The van der Waals surface area contributed by atoms with Crippen molar-refractivity contribution in [1.82, 2.24) is 4.90 Å². The highest BCUT2D eigenvalue weighted by Gasteiger charge is 2.58. The van der Waals surface area contributed by atoms with E-state index in [1.54, 1.807) is 18.7 Å². The molecular weight excluding hydrogens is 205 g/mol. The molecule has 0 spiro atoms. The van der Waals surface area contributed by atoms with Crippen molar-refractivity contribution in [2.75, 3.05) is 13.1 Å². The van der Waals surface area contributed by atoms with Crippen LogP contribution >= 0.6 is 0 Å². The summed E-state index contributed by atoms with van der Waals surface area (Å²) in [6.45, 7) is 4.30. The molecule has 2 N–H and O–H groups in total. The summed E-state index contributed by atoms with van der Waals surface area (Å²) in [4.78, 5) is 1.56. The lowest BCUT2D eigenvalue weighted by Gasteiger charge is -2.33. The predicted molar refractivity (Wildman–Crippen MR) is 51.2 cm³/mol. The van der Waals surface area contributed by atoms with Crippen LogP contribution in [0.3, 0.4) is 0 Å². The van der Waals surface area contributed by atoms with Crippen LogP contribution in [-0.4, -0.2) is 36.2 Å². The lowest BCUT2D eigenvalue weighted by atomic mass is 10.0. The SMILES string of the molecule is CC(C)C(N1CC2C(N)C2C1)C(F)(F)F. The maximum Gasteiger partial charge on any atom is 0.404 e. The number of alkyl halides is 3. The number of hydrogen-bond acceptors (Lipinski definition) is 2. The zero-order valence-electron chi connectivity index (χ0n) is 8.96. The minimum atomic E-state index is -4.12. The molecule has 1 aliphatic carbocycles. The van der Waals surface area contributed by atoms with Crippen LogP contribution < -0.4 is 5.73 Å². The first-order valence-electron chi connectivity index (χ1n) is 5.38. The summed E-state index contributed by atoms with van der Waals surface area (Å²) in [5, 5.41) is 0. The summed E-state index contributed by atoms with van der Waals surface area (Å²) in [6.07, 6.45) is -4.12. The van der Waals surface area contributed by atoms with Crippen molar-refractivity contribution in [3.8, 4) is 0 Å². The van der Waals surface area contributed by atoms with Crippen LogP contribution in [0, 0.1) is 17.8 Å². The number of nitrogens with two attached hydrogens (primary N) is 1. The second kappa shape index (κ2) is 3.35. The van der Waals surface area contributed by atoms with Gasteiger partial charge in [-0.1, -0.05) is 13.8 Å². The molecular formula is C10H17F3N2. The molecule has 1 heterocycles. The smallest absolute Gasteiger partial charge is 0.327 e. The Morgan fingerprint density at radius 2 is 1.67 bits per heavy atom. The third kappa shape index (κ3) is 1.87. The molecule has 88 valence electrons. The van der Waals surface area contributed by atoms with E-state index >= 15 is 0 Å². The monoisotopic (exact) mass is 222 g/mol. The van der Waals surface area contributed by atoms with E-state index in [2.05, 4.69) is 0 Å². The van der Waals surface area contributed by atoms with Gasteiger partial charge in [-0.05, 0) is 17.8 Å². The van der Waals surface area contributed by atoms with Crippen molar-refractivity contribution < 1.29 is 13.2 Å². The van der Waals surface area contributed by atoms with E-state index in [0.717, 1.165) is 0 Å². The number of rotatable bonds is 2. The molecule has 0 aromatic rings. The summed E-state index contributed by atoms with van der Waals surface area (Å²) in [6, 6.07) is -1.14. The Labute approximate surface area is 87.6 Å². The molecule has 15 heavy (non-hydrogen) atoms. The second-order valence-corrected chi connectivity index (χ2v) is 5.09. The van der Waals surface area contributed by atoms with E-state index in [-0.39, 0.29) is 6.04 Å². The van der Waals surface area contributed by atoms with Gasteiger partial charge in [-0.15, -0.1) is 0 Å². The van der Waals surface area contributed by atoms with Gasteiger partial charge in [0.05, 0.1) is 0 Å². The minimum absolute atomic E-state index is 0.155. The average Bonchev–Trinajstić information content (AvgIpc) is 2.54. The minimum Gasteiger partial charge on any atom is -0.327 e. The third-order valence-electron chi connectivity index (χ3n) is 3.65. The Hall–Kier alpha value is -0.290. The molecule has 3 atom stereocenters. The first-order valence-corrected chi connectivity index (χ1v) is 5.38. The third-order valence-corrected chi connectivity index (χ3v) is 3.65. The number of likely N-dealkylation sites (tertiary alicyclic amines) is 1. The van der Waals surface area contributed by atoms with Gasteiger partial charge in [-0.25, -0.2) is 0 Å². The molecule has 1 saturated heterocycles. The van der Waals surface area contributed by atoms with Gasteiger partial charge in [-0.2, -0.15) is 13.2 Å².